The number of hydrogen-bond acceptors (Lipinski definition) is 1. The van der Waals surface area contributed by atoms with Gasteiger partial charge in [-0.15, -0.1) is 0 Å². The largest absolute Gasteiger partial charge is 0.339 e. The molecule has 0 aromatic carbocycles. The summed E-state index contributed by atoms with van der Waals surface area (Å²) < 4.78 is 0. The molecule has 0 fully saturated rings. The van der Waals surface area contributed by atoms with E-state index in [1.54, 1.807) is 6.92 Å². The lowest BCUT2D eigenvalue weighted by atomic mass is 10.1. The molecule has 68 valence electrons. The standard InChI is InChI=1S/C10H17NO/c1-8-5-4-6-9(2)11(7-8)10(3)12/h4-5,8-9H,6-7H2,1-3H3/t8-,9-/m0/s1. The van der Waals surface area contributed by atoms with Crippen molar-refractivity contribution in [1.82, 2.24) is 4.90 Å². The number of rotatable bonds is 0. The molecule has 1 aliphatic heterocycles. The maximum absolute atomic E-state index is 11.2. The fourth-order valence-corrected chi connectivity index (χ4v) is 1.63. The summed E-state index contributed by atoms with van der Waals surface area (Å²) in [4.78, 5) is 13.2. The van der Waals surface area contributed by atoms with E-state index < -0.39 is 0 Å². The molecule has 0 spiro atoms. The highest BCUT2D eigenvalue weighted by Gasteiger charge is 2.19. The predicted octanol–water partition coefficient (Wildman–Crippen LogP) is 1.82. The van der Waals surface area contributed by atoms with Gasteiger partial charge in [0.25, 0.3) is 0 Å². The zero-order valence-corrected chi connectivity index (χ0v) is 8.08. The van der Waals surface area contributed by atoms with Crippen molar-refractivity contribution in [1.29, 1.82) is 0 Å². The van der Waals surface area contributed by atoms with E-state index in [1.807, 2.05) is 4.90 Å². The highest BCUT2D eigenvalue weighted by Crippen LogP contribution is 2.14. The van der Waals surface area contributed by atoms with Crippen LogP contribution < -0.4 is 0 Å². The van der Waals surface area contributed by atoms with Gasteiger partial charge in [-0.25, -0.2) is 0 Å². The normalized spacial score (nSPS) is 30.1. The van der Waals surface area contributed by atoms with Crippen LogP contribution in [0.1, 0.15) is 27.2 Å². The topological polar surface area (TPSA) is 20.3 Å². The second-order valence-electron chi connectivity index (χ2n) is 3.66. The highest BCUT2D eigenvalue weighted by atomic mass is 16.2. The molecule has 2 heteroatoms. The Hall–Kier alpha value is -0.790. The Morgan fingerprint density at radius 2 is 2.17 bits per heavy atom. The molecular formula is C10H17NO. The molecule has 0 aliphatic carbocycles. The third-order valence-corrected chi connectivity index (χ3v) is 2.36. The molecule has 0 unspecified atom stereocenters. The number of hydrogen-bond donors (Lipinski definition) is 0. The summed E-state index contributed by atoms with van der Waals surface area (Å²) >= 11 is 0. The molecule has 0 aromatic rings. The van der Waals surface area contributed by atoms with Crippen LogP contribution in [0.5, 0.6) is 0 Å². The molecule has 1 rings (SSSR count). The van der Waals surface area contributed by atoms with Gasteiger partial charge in [-0.2, -0.15) is 0 Å². The maximum Gasteiger partial charge on any atom is 0.219 e. The van der Waals surface area contributed by atoms with Crippen LogP contribution >= 0.6 is 0 Å². The van der Waals surface area contributed by atoms with Gasteiger partial charge >= 0.3 is 0 Å². The Morgan fingerprint density at radius 1 is 1.50 bits per heavy atom. The molecule has 1 heterocycles. The third kappa shape index (κ3) is 2.10. The minimum Gasteiger partial charge on any atom is -0.339 e. The van der Waals surface area contributed by atoms with E-state index in [9.17, 15) is 4.79 Å². The summed E-state index contributed by atoms with van der Waals surface area (Å²) in [6, 6.07) is 0.365. The summed E-state index contributed by atoms with van der Waals surface area (Å²) in [5.74, 6) is 0.692. The highest BCUT2D eigenvalue weighted by molar-refractivity contribution is 5.73. The van der Waals surface area contributed by atoms with E-state index in [0.29, 0.717) is 12.0 Å². The first-order valence-corrected chi connectivity index (χ1v) is 4.55. The van der Waals surface area contributed by atoms with Gasteiger partial charge in [-0.3, -0.25) is 4.79 Å². The summed E-state index contributed by atoms with van der Waals surface area (Å²) in [5, 5.41) is 0. The Bertz CT molecular complexity index is 198. The number of carbonyl (C=O) groups excluding carboxylic acids is 1. The van der Waals surface area contributed by atoms with Crippen molar-refractivity contribution in [2.45, 2.75) is 33.2 Å². The lowest BCUT2D eigenvalue weighted by Crippen LogP contribution is -2.38. The average molecular weight is 167 g/mol. The van der Waals surface area contributed by atoms with Crippen molar-refractivity contribution in [2.24, 2.45) is 5.92 Å². The van der Waals surface area contributed by atoms with Crippen molar-refractivity contribution < 1.29 is 4.79 Å². The van der Waals surface area contributed by atoms with E-state index >= 15 is 0 Å². The quantitative estimate of drug-likeness (QED) is 0.504. The van der Waals surface area contributed by atoms with Crippen molar-refractivity contribution in [3.63, 3.8) is 0 Å². The number of nitrogens with zero attached hydrogens (tertiary/aromatic N) is 1. The number of amides is 1. The van der Waals surface area contributed by atoms with E-state index in [4.69, 9.17) is 0 Å². The minimum atomic E-state index is 0.193. The lowest BCUT2D eigenvalue weighted by molar-refractivity contribution is -0.131. The van der Waals surface area contributed by atoms with Crippen LogP contribution in [0.15, 0.2) is 12.2 Å². The van der Waals surface area contributed by atoms with Gasteiger partial charge in [0.05, 0.1) is 0 Å². The summed E-state index contributed by atoms with van der Waals surface area (Å²) in [6.45, 7) is 6.76. The molecule has 2 nitrogen and oxygen atoms in total. The van der Waals surface area contributed by atoms with E-state index in [-0.39, 0.29) is 5.91 Å². The van der Waals surface area contributed by atoms with Gasteiger partial charge < -0.3 is 4.90 Å². The average Bonchev–Trinajstić information content (AvgIpc) is 2.13. The Balaban J connectivity index is 2.67. The molecule has 2 atom stereocenters. The van der Waals surface area contributed by atoms with Gasteiger partial charge in [-0.1, -0.05) is 19.1 Å². The molecule has 0 aromatic heterocycles. The van der Waals surface area contributed by atoms with Crippen LogP contribution in [0.4, 0.5) is 0 Å². The molecule has 0 saturated heterocycles. The van der Waals surface area contributed by atoms with E-state index in [0.717, 1.165) is 13.0 Å². The molecule has 0 N–H and O–H groups in total. The lowest BCUT2D eigenvalue weighted by Gasteiger charge is -2.27. The summed E-state index contributed by atoms with van der Waals surface area (Å²) in [5.41, 5.74) is 0. The van der Waals surface area contributed by atoms with Gasteiger partial charge in [-0.05, 0) is 19.3 Å². The predicted molar refractivity (Wildman–Crippen MR) is 49.8 cm³/mol. The molecule has 0 radical (unpaired) electrons. The third-order valence-electron chi connectivity index (χ3n) is 2.36. The molecule has 1 aliphatic rings. The first-order chi connectivity index (χ1) is 5.61. The van der Waals surface area contributed by atoms with Crippen LogP contribution in [-0.2, 0) is 4.79 Å². The molecule has 0 saturated carbocycles. The van der Waals surface area contributed by atoms with Gasteiger partial charge in [0, 0.05) is 19.5 Å². The monoisotopic (exact) mass is 167 g/mol. The van der Waals surface area contributed by atoms with Gasteiger partial charge in [0.15, 0.2) is 0 Å². The van der Waals surface area contributed by atoms with Crippen LogP contribution in [0.25, 0.3) is 0 Å². The minimum absolute atomic E-state index is 0.193. The Labute approximate surface area is 74.2 Å². The van der Waals surface area contributed by atoms with Gasteiger partial charge in [0.1, 0.15) is 0 Å². The second-order valence-corrected chi connectivity index (χ2v) is 3.66. The van der Waals surface area contributed by atoms with Crippen molar-refractivity contribution in [2.75, 3.05) is 6.54 Å². The van der Waals surface area contributed by atoms with Crippen LogP contribution in [0.3, 0.4) is 0 Å². The smallest absolute Gasteiger partial charge is 0.219 e. The number of carbonyl (C=O) groups is 1. The molecule has 0 bridgehead atoms. The van der Waals surface area contributed by atoms with Crippen LogP contribution in [-0.4, -0.2) is 23.4 Å². The zero-order chi connectivity index (χ0) is 9.14. The first kappa shape index (κ1) is 9.30. The zero-order valence-electron chi connectivity index (χ0n) is 8.08. The van der Waals surface area contributed by atoms with Crippen molar-refractivity contribution in [3.8, 4) is 0 Å². The Kier molecular flexibility index (Phi) is 2.90. The van der Waals surface area contributed by atoms with Gasteiger partial charge in [0.2, 0.25) is 5.91 Å². The Morgan fingerprint density at radius 3 is 2.75 bits per heavy atom. The fourth-order valence-electron chi connectivity index (χ4n) is 1.63. The molecule has 12 heavy (non-hydrogen) atoms. The molecule has 1 amide bonds. The summed E-state index contributed by atoms with van der Waals surface area (Å²) in [7, 11) is 0. The van der Waals surface area contributed by atoms with Crippen molar-refractivity contribution in [3.05, 3.63) is 12.2 Å². The first-order valence-electron chi connectivity index (χ1n) is 4.55. The molecular weight excluding hydrogens is 150 g/mol. The van der Waals surface area contributed by atoms with Crippen molar-refractivity contribution >= 4 is 5.91 Å². The van der Waals surface area contributed by atoms with E-state index in [1.165, 1.54) is 0 Å². The fraction of sp³-hybridized carbons (Fsp3) is 0.700. The van der Waals surface area contributed by atoms with Crippen LogP contribution in [0.2, 0.25) is 0 Å². The maximum atomic E-state index is 11.2. The van der Waals surface area contributed by atoms with E-state index in [2.05, 4.69) is 26.0 Å². The van der Waals surface area contributed by atoms with Crippen LogP contribution in [0, 0.1) is 5.92 Å². The SMILES string of the molecule is CC(=O)N1C[C@@H](C)C=CC[C@@H]1C. The summed E-state index contributed by atoms with van der Waals surface area (Å²) in [6.07, 6.45) is 5.36. The second kappa shape index (κ2) is 3.74.